The van der Waals surface area contributed by atoms with Crippen molar-refractivity contribution in [3.63, 3.8) is 0 Å². The number of carbonyl (C=O) groups is 2. The second kappa shape index (κ2) is 11.1. The van der Waals surface area contributed by atoms with Crippen molar-refractivity contribution in [3.8, 4) is 0 Å². The summed E-state index contributed by atoms with van der Waals surface area (Å²) in [6.45, 7) is 14.7. The molecule has 2 aliphatic rings. The van der Waals surface area contributed by atoms with Crippen molar-refractivity contribution >= 4 is 11.8 Å². The number of hydrogen-bond donors (Lipinski definition) is 1. The molecular weight excluding hydrogens is 388 g/mol. The first-order valence-electron chi connectivity index (χ1n) is 11.9. The van der Waals surface area contributed by atoms with Crippen molar-refractivity contribution in [2.75, 3.05) is 52.4 Å². The number of nitrogens with zero attached hydrogens (tertiary/aromatic N) is 3. The Kier molecular flexibility index (Phi) is 8.50. The van der Waals surface area contributed by atoms with Gasteiger partial charge in [0, 0.05) is 39.3 Å². The van der Waals surface area contributed by atoms with E-state index in [1.165, 1.54) is 12.0 Å². The molecule has 2 amide bonds. The molecular formula is C25H40N4O2. The van der Waals surface area contributed by atoms with Gasteiger partial charge in [0.05, 0.1) is 19.1 Å². The molecule has 3 rings (SSSR count). The number of piperidine rings is 1. The van der Waals surface area contributed by atoms with E-state index in [-0.39, 0.29) is 17.9 Å². The van der Waals surface area contributed by atoms with Crippen LogP contribution in [0.25, 0.3) is 0 Å². The average Bonchev–Trinajstić information content (AvgIpc) is 2.74. The maximum absolute atomic E-state index is 12.7. The number of amides is 2. The van der Waals surface area contributed by atoms with Crippen LogP contribution in [0.2, 0.25) is 0 Å². The molecule has 2 heterocycles. The van der Waals surface area contributed by atoms with Gasteiger partial charge in [-0.05, 0) is 42.7 Å². The average molecular weight is 429 g/mol. The Bertz CT molecular complexity index is 718. The highest BCUT2D eigenvalue weighted by Crippen LogP contribution is 2.21. The Balaban J connectivity index is 1.38. The summed E-state index contributed by atoms with van der Waals surface area (Å²) in [6, 6.07) is 8.46. The van der Waals surface area contributed by atoms with Crippen molar-refractivity contribution in [1.29, 1.82) is 0 Å². The third-order valence-electron chi connectivity index (χ3n) is 6.68. The predicted molar refractivity (Wildman–Crippen MR) is 125 cm³/mol. The fourth-order valence-electron chi connectivity index (χ4n) is 4.88. The van der Waals surface area contributed by atoms with E-state index in [4.69, 9.17) is 0 Å². The Labute approximate surface area is 188 Å². The van der Waals surface area contributed by atoms with E-state index >= 15 is 0 Å². The summed E-state index contributed by atoms with van der Waals surface area (Å²) in [5.41, 5.74) is 2.44. The van der Waals surface area contributed by atoms with Crippen molar-refractivity contribution in [2.45, 2.75) is 46.6 Å². The van der Waals surface area contributed by atoms with Crippen LogP contribution in [-0.4, -0.2) is 78.9 Å². The van der Waals surface area contributed by atoms with Crippen LogP contribution in [0.5, 0.6) is 0 Å². The lowest BCUT2D eigenvalue weighted by Crippen LogP contribution is -2.53. The van der Waals surface area contributed by atoms with Crippen LogP contribution in [0.1, 0.15) is 51.3 Å². The van der Waals surface area contributed by atoms with E-state index in [2.05, 4.69) is 60.2 Å². The lowest BCUT2D eigenvalue weighted by molar-refractivity contribution is -0.135. The molecule has 3 atom stereocenters. The summed E-state index contributed by atoms with van der Waals surface area (Å²) in [4.78, 5) is 31.7. The molecule has 172 valence electrons. The van der Waals surface area contributed by atoms with Gasteiger partial charge in [0.25, 0.3) is 0 Å². The van der Waals surface area contributed by atoms with Crippen LogP contribution in [0, 0.1) is 11.8 Å². The molecule has 2 aliphatic heterocycles. The summed E-state index contributed by atoms with van der Waals surface area (Å²) in [5, 5.41) is 3.12. The van der Waals surface area contributed by atoms with E-state index in [1.54, 1.807) is 0 Å². The molecule has 1 N–H and O–H groups in total. The lowest BCUT2D eigenvalue weighted by atomic mass is 9.92. The lowest BCUT2D eigenvalue weighted by Gasteiger charge is -2.38. The van der Waals surface area contributed by atoms with Gasteiger partial charge in [-0.1, -0.05) is 45.0 Å². The number of aryl methyl sites for hydroxylation is 1. The molecule has 6 nitrogen and oxygen atoms in total. The minimum Gasteiger partial charge on any atom is -0.348 e. The third kappa shape index (κ3) is 7.04. The first-order valence-corrected chi connectivity index (χ1v) is 11.9. The number of piperazine rings is 1. The number of benzene rings is 1. The van der Waals surface area contributed by atoms with Crippen molar-refractivity contribution in [1.82, 2.24) is 20.0 Å². The highest BCUT2D eigenvalue weighted by atomic mass is 16.2. The van der Waals surface area contributed by atoms with E-state index < -0.39 is 0 Å². The second-order valence-electron chi connectivity index (χ2n) is 9.68. The standard InChI is InChI=1S/C25H40N4O2/c1-5-22-6-8-23(9-7-22)21(4)26-24(30)17-27-10-12-28(13-11-27)18-25(31)29-15-19(2)14-20(3)16-29/h6-9,19-21H,5,10-18H2,1-4H3,(H,26,30)/t19-,20-,21+/m1/s1. The summed E-state index contributed by atoms with van der Waals surface area (Å²) in [5.74, 6) is 1.51. The van der Waals surface area contributed by atoms with Crippen LogP contribution in [0.15, 0.2) is 24.3 Å². The van der Waals surface area contributed by atoms with Crippen LogP contribution >= 0.6 is 0 Å². The van der Waals surface area contributed by atoms with Crippen molar-refractivity contribution in [3.05, 3.63) is 35.4 Å². The Morgan fingerprint density at radius 3 is 2.06 bits per heavy atom. The summed E-state index contributed by atoms with van der Waals surface area (Å²) >= 11 is 0. The summed E-state index contributed by atoms with van der Waals surface area (Å²) < 4.78 is 0. The Hall–Kier alpha value is -1.92. The number of carbonyl (C=O) groups excluding carboxylic acids is 2. The van der Waals surface area contributed by atoms with Crippen LogP contribution in [-0.2, 0) is 16.0 Å². The highest BCUT2D eigenvalue weighted by Gasteiger charge is 2.27. The quantitative estimate of drug-likeness (QED) is 0.725. The Morgan fingerprint density at radius 1 is 0.968 bits per heavy atom. The first kappa shape index (κ1) is 23.7. The Morgan fingerprint density at radius 2 is 1.52 bits per heavy atom. The molecule has 2 fully saturated rings. The molecule has 0 unspecified atom stereocenters. The number of likely N-dealkylation sites (tertiary alicyclic amines) is 1. The third-order valence-corrected chi connectivity index (χ3v) is 6.68. The van der Waals surface area contributed by atoms with Gasteiger partial charge in [-0.15, -0.1) is 0 Å². The molecule has 0 radical (unpaired) electrons. The number of nitrogens with one attached hydrogen (secondary N) is 1. The van der Waals surface area contributed by atoms with Gasteiger partial charge < -0.3 is 10.2 Å². The maximum atomic E-state index is 12.7. The van der Waals surface area contributed by atoms with Crippen LogP contribution < -0.4 is 5.32 Å². The van der Waals surface area contributed by atoms with Crippen LogP contribution in [0.3, 0.4) is 0 Å². The zero-order valence-electron chi connectivity index (χ0n) is 19.8. The highest BCUT2D eigenvalue weighted by molar-refractivity contribution is 5.79. The second-order valence-corrected chi connectivity index (χ2v) is 9.68. The summed E-state index contributed by atoms with van der Waals surface area (Å²) in [6.07, 6.45) is 2.24. The smallest absolute Gasteiger partial charge is 0.236 e. The molecule has 2 saturated heterocycles. The molecule has 1 aromatic carbocycles. The van der Waals surface area contributed by atoms with Crippen molar-refractivity contribution < 1.29 is 9.59 Å². The molecule has 1 aromatic rings. The van der Waals surface area contributed by atoms with Gasteiger partial charge in [-0.2, -0.15) is 0 Å². The van der Waals surface area contributed by atoms with E-state index in [1.807, 2.05) is 11.8 Å². The minimum absolute atomic E-state index is 0.00615. The van der Waals surface area contributed by atoms with E-state index in [0.29, 0.717) is 24.9 Å². The minimum atomic E-state index is 0.00615. The fourth-order valence-corrected chi connectivity index (χ4v) is 4.88. The fraction of sp³-hybridized carbons (Fsp3) is 0.680. The molecule has 0 spiro atoms. The van der Waals surface area contributed by atoms with Gasteiger partial charge in [-0.3, -0.25) is 19.4 Å². The van der Waals surface area contributed by atoms with Gasteiger partial charge in [-0.25, -0.2) is 0 Å². The molecule has 6 heteroatoms. The van der Waals surface area contributed by atoms with Gasteiger partial charge >= 0.3 is 0 Å². The van der Waals surface area contributed by atoms with Gasteiger partial charge in [0.15, 0.2) is 0 Å². The largest absolute Gasteiger partial charge is 0.348 e. The topological polar surface area (TPSA) is 55.9 Å². The normalized spacial score (nSPS) is 24.1. The van der Waals surface area contributed by atoms with Gasteiger partial charge in [0.1, 0.15) is 0 Å². The molecule has 0 saturated carbocycles. The molecule has 0 aliphatic carbocycles. The SMILES string of the molecule is CCc1ccc([C@H](C)NC(=O)CN2CCN(CC(=O)N3C[C@H](C)C[C@@H](C)C3)CC2)cc1. The zero-order valence-corrected chi connectivity index (χ0v) is 19.8. The summed E-state index contributed by atoms with van der Waals surface area (Å²) in [7, 11) is 0. The number of hydrogen-bond acceptors (Lipinski definition) is 4. The zero-order chi connectivity index (χ0) is 22.4. The monoisotopic (exact) mass is 428 g/mol. The molecule has 31 heavy (non-hydrogen) atoms. The van der Waals surface area contributed by atoms with Crippen molar-refractivity contribution in [2.24, 2.45) is 11.8 Å². The first-order chi connectivity index (χ1) is 14.8. The van der Waals surface area contributed by atoms with E-state index in [9.17, 15) is 9.59 Å². The molecule has 0 aromatic heterocycles. The maximum Gasteiger partial charge on any atom is 0.236 e. The van der Waals surface area contributed by atoms with E-state index in [0.717, 1.165) is 51.3 Å². The predicted octanol–water partition coefficient (Wildman–Crippen LogP) is 2.55. The number of rotatable bonds is 7. The van der Waals surface area contributed by atoms with Crippen LogP contribution in [0.4, 0.5) is 0 Å². The van der Waals surface area contributed by atoms with Gasteiger partial charge in [0.2, 0.25) is 11.8 Å². The molecule has 0 bridgehead atoms.